The van der Waals surface area contributed by atoms with E-state index < -0.39 is 32.6 Å². The van der Waals surface area contributed by atoms with E-state index >= 15 is 0 Å². The van der Waals surface area contributed by atoms with Crippen LogP contribution in [-0.4, -0.2) is 73.1 Å². The van der Waals surface area contributed by atoms with Gasteiger partial charge in [0.2, 0.25) is 10.0 Å². The molecule has 1 atom stereocenters. The second-order valence-corrected chi connectivity index (χ2v) is 8.69. The molecule has 2 N–H and O–H groups in total. The van der Waals surface area contributed by atoms with Crippen molar-refractivity contribution in [2.75, 3.05) is 43.6 Å². The zero-order chi connectivity index (χ0) is 20.0. The molecule has 1 aromatic carbocycles. The zero-order valence-electron chi connectivity index (χ0n) is 14.7. The van der Waals surface area contributed by atoms with Gasteiger partial charge in [0.1, 0.15) is 11.7 Å². The standard InChI is InChI=1S/C15H21N3O7S2/c1-26-9-4-13(15(19)20)16-12-3-2-11(10-14(12)18(21)22)27(23,24)17-5-7-25-8-6-17/h2-3,10,13,16H,4-9H2,1H3,(H,19,20). The van der Waals surface area contributed by atoms with Crippen LogP contribution in [0.3, 0.4) is 0 Å². The molecule has 0 amide bonds. The topological polar surface area (TPSA) is 139 Å². The second kappa shape index (κ2) is 9.35. The molecule has 12 heteroatoms. The van der Waals surface area contributed by atoms with Gasteiger partial charge in [-0.05, 0) is 30.6 Å². The summed E-state index contributed by atoms with van der Waals surface area (Å²) in [7, 11) is -3.89. The van der Waals surface area contributed by atoms with E-state index in [0.717, 1.165) is 6.07 Å². The third kappa shape index (κ3) is 5.31. The molecule has 1 aliphatic heterocycles. The summed E-state index contributed by atoms with van der Waals surface area (Å²) in [5, 5.41) is 23.4. The van der Waals surface area contributed by atoms with Crippen LogP contribution >= 0.6 is 11.8 Å². The molecule has 1 fully saturated rings. The van der Waals surface area contributed by atoms with Crippen molar-refractivity contribution in [3.8, 4) is 0 Å². The first-order valence-electron chi connectivity index (χ1n) is 8.12. The Labute approximate surface area is 161 Å². The number of rotatable bonds is 9. The lowest BCUT2D eigenvalue weighted by atomic mass is 10.2. The molecule has 1 unspecified atom stereocenters. The number of ether oxygens (including phenoxy) is 1. The van der Waals surface area contributed by atoms with Gasteiger partial charge in [-0.2, -0.15) is 16.1 Å². The minimum absolute atomic E-state index is 0.0329. The molecule has 2 rings (SSSR count). The first-order valence-corrected chi connectivity index (χ1v) is 11.0. The highest BCUT2D eigenvalue weighted by Crippen LogP contribution is 2.30. The summed E-state index contributed by atoms with van der Waals surface area (Å²) in [5.74, 6) is -0.579. The van der Waals surface area contributed by atoms with E-state index in [0.29, 0.717) is 5.75 Å². The lowest BCUT2D eigenvalue weighted by molar-refractivity contribution is -0.384. The fourth-order valence-electron chi connectivity index (χ4n) is 2.56. The number of morpholine rings is 1. The lowest BCUT2D eigenvalue weighted by Crippen LogP contribution is -2.40. The van der Waals surface area contributed by atoms with Crippen LogP contribution in [0.4, 0.5) is 11.4 Å². The van der Waals surface area contributed by atoms with Crippen LogP contribution in [0, 0.1) is 10.1 Å². The smallest absolute Gasteiger partial charge is 0.326 e. The zero-order valence-corrected chi connectivity index (χ0v) is 16.3. The van der Waals surface area contributed by atoms with Gasteiger partial charge in [0.15, 0.2) is 0 Å². The predicted molar refractivity (Wildman–Crippen MR) is 101 cm³/mol. The minimum Gasteiger partial charge on any atom is -0.480 e. The maximum Gasteiger partial charge on any atom is 0.326 e. The van der Waals surface area contributed by atoms with Gasteiger partial charge >= 0.3 is 5.97 Å². The molecule has 1 saturated heterocycles. The number of nitro groups is 1. The van der Waals surface area contributed by atoms with Crippen molar-refractivity contribution in [2.45, 2.75) is 17.4 Å². The first kappa shape index (κ1) is 21.4. The highest BCUT2D eigenvalue weighted by atomic mass is 32.2. The van der Waals surface area contributed by atoms with E-state index in [1.807, 2.05) is 6.26 Å². The lowest BCUT2D eigenvalue weighted by Gasteiger charge is -2.26. The molecule has 0 spiro atoms. The predicted octanol–water partition coefficient (Wildman–Crippen LogP) is 1.23. The van der Waals surface area contributed by atoms with Crippen molar-refractivity contribution in [1.29, 1.82) is 0 Å². The highest BCUT2D eigenvalue weighted by molar-refractivity contribution is 7.98. The number of nitro benzene ring substituents is 1. The Morgan fingerprint density at radius 1 is 1.44 bits per heavy atom. The number of thioether (sulfide) groups is 1. The van der Waals surface area contributed by atoms with E-state index in [4.69, 9.17) is 4.74 Å². The molecule has 0 bridgehead atoms. The van der Waals surface area contributed by atoms with Gasteiger partial charge in [-0.15, -0.1) is 0 Å². The Balaban J connectivity index is 2.33. The maximum atomic E-state index is 12.7. The van der Waals surface area contributed by atoms with Crippen molar-refractivity contribution in [3.05, 3.63) is 28.3 Å². The molecule has 10 nitrogen and oxygen atoms in total. The van der Waals surface area contributed by atoms with Crippen LogP contribution < -0.4 is 5.32 Å². The summed E-state index contributed by atoms with van der Waals surface area (Å²) in [6, 6.07) is 2.42. The molecule has 0 radical (unpaired) electrons. The van der Waals surface area contributed by atoms with Gasteiger partial charge < -0.3 is 15.2 Å². The van der Waals surface area contributed by atoms with Crippen molar-refractivity contribution >= 4 is 39.1 Å². The summed E-state index contributed by atoms with van der Waals surface area (Å²) in [5.41, 5.74) is -0.519. The maximum absolute atomic E-state index is 12.7. The van der Waals surface area contributed by atoms with Gasteiger partial charge in [0.05, 0.1) is 23.0 Å². The Morgan fingerprint density at radius 2 is 2.11 bits per heavy atom. The Hall–Kier alpha value is -1.89. The first-order chi connectivity index (χ1) is 12.8. The van der Waals surface area contributed by atoms with Crippen molar-refractivity contribution in [3.63, 3.8) is 0 Å². The Bertz CT molecular complexity index is 795. The number of nitrogens with zero attached hydrogens (tertiary/aromatic N) is 2. The van der Waals surface area contributed by atoms with E-state index in [2.05, 4.69) is 5.32 Å². The SMILES string of the molecule is CSCCC(Nc1ccc(S(=O)(=O)N2CCOCC2)cc1[N+](=O)[O-])C(=O)O. The number of hydrogen-bond acceptors (Lipinski definition) is 8. The van der Waals surface area contributed by atoms with E-state index in [1.165, 1.54) is 28.2 Å². The van der Waals surface area contributed by atoms with E-state index in [-0.39, 0.29) is 43.3 Å². The van der Waals surface area contributed by atoms with Crippen LogP contribution in [0.1, 0.15) is 6.42 Å². The van der Waals surface area contributed by atoms with Crippen LogP contribution in [-0.2, 0) is 19.6 Å². The second-order valence-electron chi connectivity index (χ2n) is 5.77. The van der Waals surface area contributed by atoms with E-state index in [9.17, 15) is 28.4 Å². The van der Waals surface area contributed by atoms with Gasteiger partial charge in [0.25, 0.3) is 5.69 Å². The molecular formula is C15H21N3O7S2. The van der Waals surface area contributed by atoms with Crippen LogP contribution in [0.25, 0.3) is 0 Å². The summed E-state index contributed by atoms with van der Waals surface area (Å²) in [4.78, 5) is 21.9. The van der Waals surface area contributed by atoms with Gasteiger partial charge in [0, 0.05) is 19.2 Å². The fraction of sp³-hybridized carbons (Fsp3) is 0.533. The fourth-order valence-corrected chi connectivity index (χ4v) is 4.46. The van der Waals surface area contributed by atoms with Crippen molar-refractivity contribution in [1.82, 2.24) is 4.31 Å². The largest absolute Gasteiger partial charge is 0.480 e. The molecule has 0 saturated carbocycles. The quantitative estimate of drug-likeness (QED) is 0.447. The number of nitrogens with one attached hydrogen (secondary N) is 1. The highest BCUT2D eigenvalue weighted by Gasteiger charge is 2.29. The molecule has 1 aromatic rings. The van der Waals surface area contributed by atoms with Crippen LogP contribution in [0.15, 0.2) is 23.1 Å². The minimum atomic E-state index is -3.89. The third-order valence-corrected chi connectivity index (χ3v) is 6.55. The molecule has 1 heterocycles. The Kier molecular flexibility index (Phi) is 7.41. The van der Waals surface area contributed by atoms with Crippen LogP contribution in [0.2, 0.25) is 0 Å². The molecule has 1 aliphatic rings. The van der Waals surface area contributed by atoms with Crippen LogP contribution in [0.5, 0.6) is 0 Å². The number of aliphatic carboxylic acids is 1. The van der Waals surface area contributed by atoms with Gasteiger partial charge in [-0.3, -0.25) is 10.1 Å². The average Bonchev–Trinajstić information content (AvgIpc) is 2.65. The number of carboxylic acid groups (broad SMARTS) is 1. The molecule has 0 aromatic heterocycles. The van der Waals surface area contributed by atoms with Crippen molar-refractivity contribution < 1.29 is 28.0 Å². The number of sulfonamides is 1. The average molecular weight is 419 g/mol. The normalized spacial score (nSPS) is 16.6. The summed E-state index contributed by atoms with van der Waals surface area (Å²) < 4.78 is 31.7. The Morgan fingerprint density at radius 3 is 2.67 bits per heavy atom. The van der Waals surface area contributed by atoms with Crippen molar-refractivity contribution in [2.24, 2.45) is 0 Å². The number of anilines is 1. The molecule has 150 valence electrons. The summed E-state index contributed by atoms with van der Waals surface area (Å²) >= 11 is 1.46. The summed E-state index contributed by atoms with van der Waals surface area (Å²) in [6.07, 6.45) is 2.09. The van der Waals surface area contributed by atoms with Gasteiger partial charge in [-0.25, -0.2) is 13.2 Å². The molecule has 0 aliphatic carbocycles. The monoisotopic (exact) mass is 419 g/mol. The third-order valence-electron chi connectivity index (χ3n) is 4.01. The van der Waals surface area contributed by atoms with E-state index in [1.54, 1.807) is 0 Å². The number of hydrogen-bond donors (Lipinski definition) is 2. The summed E-state index contributed by atoms with van der Waals surface area (Å²) in [6.45, 7) is 0.866. The number of benzene rings is 1. The van der Waals surface area contributed by atoms with Gasteiger partial charge in [-0.1, -0.05) is 0 Å². The molecule has 27 heavy (non-hydrogen) atoms. The molecular weight excluding hydrogens is 398 g/mol. The number of carbonyl (C=O) groups is 1. The number of carboxylic acids is 1.